The second-order valence-corrected chi connectivity index (χ2v) is 5.99. The van der Waals surface area contributed by atoms with E-state index >= 15 is 0 Å². The molecular weight excluding hydrogens is 262 g/mol. The largest absolute Gasteiger partial charge is 0.288 e. The summed E-state index contributed by atoms with van der Waals surface area (Å²) in [5, 5.41) is -0.724. The lowest BCUT2D eigenvalue weighted by atomic mass is 10.1. The van der Waals surface area contributed by atoms with Crippen molar-refractivity contribution in [2.75, 3.05) is 4.90 Å². The molecular formula is C14H15NO3S. The van der Waals surface area contributed by atoms with Crippen molar-refractivity contribution in [3.63, 3.8) is 0 Å². The minimum Gasteiger partial charge on any atom is -0.288 e. The Hall–Kier alpha value is -1.62. The quantitative estimate of drug-likeness (QED) is 0.778. The van der Waals surface area contributed by atoms with Crippen molar-refractivity contribution in [2.24, 2.45) is 0 Å². The Morgan fingerprint density at radius 3 is 2.37 bits per heavy atom. The molecule has 5 heteroatoms. The first-order valence-electron chi connectivity index (χ1n) is 6.02. The number of carbonyl (C=O) groups is 3. The molecule has 100 valence electrons. The van der Waals surface area contributed by atoms with Crippen molar-refractivity contribution >= 4 is 34.4 Å². The van der Waals surface area contributed by atoms with E-state index in [1.165, 1.54) is 11.8 Å². The van der Waals surface area contributed by atoms with Crippen LogP contribution in [-0.2, 0) is 14.4 Å². The fourth-order valence-electron chi connectivity index (χ4n) is 2.29. The maximum absolute atomic E-state index is 12.3. The van der Waals surface area contributed by atoms with Crippen molar-refractivity contribution in [1.82, 2.24) is 0 Å². The Kier molecular flexibility index (Phi) is 3.75. The normalized spacial score (nSPS) is 19.1. The molecule has 1 aromatic carbocycles. The van der Waals surface area contributed by atoms with Crippen LogP contribution in [0, 0.1) is 13.8 Å². The Morgan fingerprint density at radius 1 is 1.26 bits per heavy atom. The molecule has 0 aliphatic carbocycles. The third-order valence-electron chi connectivity index (χ3n) is 3.08. The second kappa shape index (κ2) is 5.17. The number of hydrogen-bond acceptors (Lipinski definition) is 4. The summed E-state index contributed by atoms with van der Waals surface area (Å²) in [5.41, 5.74) is 2.43. The molecule has 0 saturated carbocycles. The van der Waals surface area contributed by atoms with Crippen LogP contribution < -0.4 is 4.90 Å². The SMILES string of the molecule is CC(=O)S[C@H]1CC(=O)N(c2c(C)cccc2C)C1=O. The molecule has 2 amide bonds. The molecule has 19 heavy (non-hydrogen) atoms. The van der Waals surface area contributed by atoms with E-state index in [9.17, 15) is 14.4 Å². The molecule has 1 fully saturated rings. The molecule has 0 N–H and O–H groups in total. The summed E-state index contributed by atoms with van der Waals surface area (Å²) in [6, 6.07) is 5.63. The number of carbonyl (C=O) groups excluding carboxylic acids is 3. The number of anilines is 1. The smallest absolute Gasteiger partial charge is 0.247 e. The Labute approximate surface area is 116 Å². The van der Waals surface area contributed by atoms with Crippen LogP contribution >= 0.6 is 11.8 Å². The monoisotopic (exact) mass is 277 g/mol. The molecule has 1 aliphatic heterocycles. The Bertz CT molecular complexity index is 548. The average Bonchev–Trinajstić information content (AvgIpc) is 2.55. The molecule has 0 aromatic heterocycles. The summed E-state index contributed by atoms with van der Waals surface area (Å²) < 4.78 is 0. The van der Waals surface area contributed by atoms with E-state index < -0.39 is 5.25 Å². The highest BCUT2D eigenvalue weighted by molar-refractivity contribution is 8.14. The topological polar surface area (TPSA) is 54.5 Å². The van der Waals surface area contributed by atoms with Gasteiger partial charge in [-0.2, -0.15) is 0 Å². The van der Waals surface area contributed by atoms with Crippen LogP contribution in [0.15, 0.2) is 18.2 Å². The zero-order valence-electron chi connectivity index (χ0n) is 11.1. The average molecular weight is 277 g/mol. The third kappa shape index (κ3) is 2.56. The molecule has 1 saturated heterocycles. The molecule has 1 aromatic rings. The van der Waals surface area contributed by atoms with Crippen LogP contribution in [0.3, 0.4) is 0 Å². The van der Waals surface area contributed by atoms with Gasteiger partial charge in [-0.25, -0.2) is 4.90 Å². The minimum atomic E-state index is -0.580. The van der Waals surface area contributed by atoms with E-state index in [0.717, 1.165) is 22.9 Å². The van der Waals surface area contributed by atoms with Crippen LogP contribution in [0.5, 0.6) is 0 Å². The summed E-state index contributed by atoms with van der Waals surface area (Å²) in [6.07, 6.45) is 0.0941. The molecule has 0 bridgehead atoms. The first-order valence-corrected chi connectivity index (χ1v) is 6.90. The van der Waals surface area contributed by atoms with Crippen molar-refractivity contribution in [1.29, 1.82) is 0 Å². The van der Waals surface area contributed by atoms with E-state index in [0.29, 0.717) is 5.69 Å². The zero-order valence-corrected chi connectivity index (χ0v) is 11.9. The number of thioether (sulfide) groups is 1. The molecule has 2 rings (SSSR count). The fourth-order valence-corrected chi connectivity index (χ4v) is 3.12. The highest BCUT2D eigenvalue weighted by Crippen LogP contribution is 2.33. The maximum Gasteiger partial charge on any atom is 0.247 e. The molecule has 0 spiro atoms. The molecule has 1 atom stereocenters. The van der Waals surface area contributed by atoms with Gasteiger partial charge in [0.2, 0.25) is 11.8 Å². The zero-order chi connectivity index (χ0) is 14.2. The number of benzene rings is 1. The Balaban J connectivity index is 2.38. The van der Waals surface area contributed by atoms with E-state index in [2.05, 4.69) is 0 Å². The van der Waals surface area contributed by atoms with Gasteiger partial charge in [0.05, 0.1) is 5.69 Å². The molecule has 0 radical (unpaired) electrons. The molecule has 4 nitrogen and oxygen atoms in total. The standard InChI is InChI=1S/C14H15NO3S/c1-8-5-4-6-9(2)13(8)15-12(17)7-11(14(15)18)19-10(3)16/h4-6,11H,7H2,1-3H3/t11-/m0/s1. The number of hydrogen-bond donors (Lipinski definition) is 0. The van der Waals surface area contributed by atoms with Gasteiger partial charge >= 0.3 is 0 Å². The molecule has 0 unspecified atom stereocenters. The Morgan fingerprint density at radius 2 is 1.84 bits per heavy atom. The van der Waals surface area contributed by atoms with Crippen molar-refractivity contribution in [2.45, 2.75) is 32.4 Å². The molecule has 1 aliphatic rings. The first kappa shape index (κ1) is 13.8. The first-order chi connectivity index (χ1) is 8.91. The van der Waals surface area contributed by atoms with E-state index in [-0.39, 0.29) is 23.4 Å². The predicted molar refractivity (Wildman–Crippen MR) is 75.1 cm³/mol. The van der Waals surface area contributed by atoms with E-state index in [1.54, 1.807) is 0 Å². The highest BCUT2D eigenvalue weighted by atomic mass is 32.2. The van der Waals surface area contributed by atoms with Gasteiger partial charge in [-0.05, 0) is 25.0 Å². The predicted octanol–water partition coefficient (Wildman–Crippen LogP) is 2.22. The summed E-state index contributed by atoms with van der Waals surface area (Å²) in [5.74, 6) is -0.524. The third-order valence-corrected chi connectivity index (χ3v) is 4.06. The van der Waals surface area contributed by atoms with Gasteiger partial charge in [0.1, 0.15) is 5.25 Å². The fraction of sp³-hybridized carbons (Fsp3) is 0.357. The maximum atomic E-state index is 12.3. The summed E-state index contributed by atoms with van der Waals surface area (Å²) in [7, 11) is 0. The summed E-state index contributed by atoms with van der Waals surface area (Å²) in [6.45, 7) is 5.15. The number of aryl methyl sites for hydroxylation is 2. The van der Waals surface area contributed by atoms with Crippen molar-refractivity contribution in [3.8, 4) is 0 Å². The van der Waals surface area contributed by atoms with Crippen LogP contribution in [-0.4, -0.2) is 22.2 Å². The lowest BCUT2D eigenvalue weighted by molar-refractivity contribution is -0.121. The van der Waals surface area contributed by atoms with Crippen molar-refractivity contribution < 1.29 is 14.4 Å². The van der Waals surface area contributed by atoms with Gasteiger partial charge in [-0.3, -0.25) is 14.4 Å². The van der Waals surface area contributed by atoms with Crippen LogP contribution in [0.2, 0.25) is 0 Å². The van der Waals surface area contributed by atoms with Gasteiger partial charge in [0.25, 0.3) is 0 Å². The minimum absolute atomic E-state index is 0.0941. The van der Waals surface area contributed by atoms with Crippen LogP contribution in [0.1, 0.15) is 24.5 Å². The summed E-state index contributed by atoms with van der Waals surface area (Å²) in [4.78, 5) is 36.7. The van der Waals surface area contributed by atoms with E-state index in [1.807, 2.05) is 32.0 Å². The van der Waals surface area contributed by atoms with Gasteiger partial charge < -0.3 is 0 Å². The number of para-hydroxylation sites is 1. The number of imide groups is 1. The number of nitrogens with zero attached hydrogens (tertiary/aromatic N) is 1. The van der Waals surface area contributed by atoms with Crippen molar-refractivity contribution in [3.05, 3.63) is 29.3 Å². The van der Waals surface area contributed by atoms with Gasteiger partial charge in [0.15, 0.2) is 5.12 Å². The highest BCUT2D eigenvalue weighted by Gasteiger charge is 2.41. The molecule has 1 heterocycles. The van der Waals surface area contributed by atoms with E-state index in [4.69, 9.17) is 0 Å². The van der Waals surface area contributed by atoms with Crippen LogP contribution in [0.4, 0.5) is 5.69 Å². The number of rotatable bonds is 2. The number of amides is 2. The van der Waals surface area contributed by atoms with Gasteiger partial charge in [0, 0.05) is 13.3 Å². The lowest BCUT2D eigenvalue weighted by Crippen LogP contribution is -2.32. The van der Waals surface area contributed by atoms with Gasteiger partial charge in [-0.15, -0.1) is 0 Å². The lowest BCUT2D eigenvalue weighted by Gasteiger charge is -2.19. The van der Waals surface area contributed by atoms with Crippen LogP contribution in [0.25, 0.3) is 0 Å². The summed E-state index contributed by atoms with van der Waals surface area (Å²) >= 11 is 0.933. The van der Waals surface area contributed by atoms with Gasteiger partial charge in [-0.1, -0.05) is 30.0 Å². The second-order valence-electron chi connectivity index (χ2n) is 4.61.